The second-order valence-electron chi connectivity index (χ2n) is 9.14. The minimum atomic E-state index is -4.08. The smallest absolute Gasteiger partial charge is 0.264 e. The first-order chi connectivity index (χ1) is 18.1. The SMILES string of the molecule is CCCCNC(=O)[C@@H](C)N(Cc1cccc(Cl)c1)C(=O)CN(c1cccc(C)c1)S(=O)(=O)c1ccccc1. The van der Waals surface area contributed by atoms with E-state index in [1.807, 2.05) is 26.0 Å². The lowest BCUT2D eigenvalue weighted by molar-refractivity contribution is -0.139. The molecule has 0 saturated heterocycles. The largest absolute Gasteiger partial charge is 0.354 e. The molecule has 0 aliphatic carbocycles. The first-order valence-electron chi connectivity index (χ1n) is 12.6. The van der Waals surface area contributed by atoms with Gasteiger partial charge in [-0.05, 0) is 67.8 Å². The Kier molecular flexibility index (Phi) is 10.3. The van der Waals surface area contributed by atoms with E-state index in [4.69, 9.17) is 11.6 Å². The number of halogens is 1. The summed E-state index contributed by atoms with van der Waals surface area (Å²) in [7, 11) is -4.08. The fourth-order valence-electron chi connectivity index (χ4n) is 3.98. The number of sulfonamides is 1. The predicted octanol–water partition coefficient (Wildman–Crippen LogP) is 5.18. The van der Waals surface area contributed by atoms with Crippen molar-refractivity contribution in [3.63, 3.8) is 0 Å². The van der Waals surface area contributed by atoms with Crippen LogP contribution in [0, 0.1) is 6.92 Å². The van der Waals surface area contributed by atoms with E-state index in [0.29, 0.717) is 17.3 Å². The van der Waals surface area contributed by atoms with Crippen molar-refractivity contribution in [3.8, 4) is 0 Å². The van der Waals surface area contributed by atoms with E-state index in [1.165, 1.54) is 17.0 Å². The first kappa shape index (κ1) is 29.2. The average molecular weight is 556 g/mol. The highest BCUT2D eigenvalue weighted by molar-refractivity contribution is 7.92. The van der Waals surface area contributed by atoms with Gasteiger partial charge in [-0.15, -0.1) is 0 Å². The van der Waals surface area contributed by atoms with Crippen molar-refractivity contribution >= 4 is 39.1 Å². The van der Waals surface area contributed by atoms with Gasteiger partial charge in [-0.25, -0.2) is 8.42 Å². The van der Waals surface area contributed by atoms with Gasteiger partial charge < -0.3 is 10.2 Å². The molecule has 3 aromatic rings. The zero-order valence-corrected chi connectivity index (χ0v) is 23.5. The van der Waals surface area contributed by atoms with Crippen molar-refractivity contribution in [2.75, 3.05) is 17.4 Å². The van der Waals surface area contributed by atoms with Crippen LogP contribution in [0.4, 0.5) is 5.69 Å². The molecule has 202 valence electrons. The Bertz CT molecular complexity index is 1350. The highest BCUT2D eigenvalue weighted by Gasteiger charge is 2.32. The monoisotopic (exact) mass is 555 g/mol. The van der Waals surface area contributed by atoms with Gasteiger partial charge in [0.25, 0.3) is 10.0 Å². The third kappa shape index (κ3) is 7.58. The fraction of sp³-hybridized carbons (Fsp3) is 0.310. The van der Waals surface area contributed by atoms with Gasteiger partial charge in [0.2, 0.25) is 11.8 Å². The molecular weight excluding hydrogens is 522 g/mol. The maximum Gasteiger partial charge on any atom is 0.264 e. The van der Waals surface area contributed by atoms with Crippen molar-refractivity contribution in [2.45, 2.75) is 51.1 Å². The highest BCUT2D eigenvalue weighted by Crippen LogP contribution is 2.25. The Morgan fingerprint density at radius 1 is 0.974 bits per heavy atom. The minimum absolute atomic E-state index is 0.0704. The molecule has 1 atom stereocenters. The van der Waals surface area contributed by atoms with Crippen molar-refractivity contribution in [3.05, 3.63) is 95.0 Å². The van der Waals surface area contributed by atoms with Crippen molar-refractivity contribution < 1.29 is 18.0 Å². The maximum atomic E-state index is 13.9. The summed E-state index contributed by atoms with van der Waals surface area (Å²) in [6, 6.07) is 21.2. The van der Waals surface area contributed by atoms with Crippen LogP contribution in [0.3, 0.4) is 0 Å². The topological polar surface area (TPSA) is 86.8 Å². The Morgan fingerprint density at radius 2 is 1.68 bits per heavy atom. The van der Waals surface area contributed by atoms with E-state index < -0.39 is 28.5 Å². The molecule has 0 aliphatic heterocycles. The molecule has 0 unspecified atom stereocenters. The molecule has 0 saturated carbocycles. The van der Waals surface area contributed by atoms with E-state index >= 15 is 0 Å². The lowest BCUT2D eigenvalue weighted by Gasteiger charge is -2.32. The Balaban J connectivity index is 1.99. The number of benzene rings is 3. The number of anilines is 1. The standard InChI is InChI=1S/C29H34ClN3O4S/c1-4-5-17-31-29(35)23(3)32(20-24-12-10-13-25(30)19-24)28(34)21-33(26-14-9-11-22(2)18-26)38(36,37)27-15-7-6-8-16-27/h6-16,18-19,23H,4-5,17,20-21H2,1-3H3,(H,31,35)/t23-/m1/s1. The molecule has 2 amide bonds. The number of nitrogens with one attached hydrogen (secondary N) is 1. The predicted molar refractivity (Wildman–Crippen MR) is 152 cm³/mol. The average Bonchev–Trinajstić information content (AvgIpc) is 2.90. The molecule has 0 heterocycles. The number of hydrogen-bond donors (Lipinski definition) is 1. The van der Waals surface area contributed by atoms with Crippen molar-refractivity contribution in [1.29, 1.82) is 0 Å². The summed E-state index contributed by atoms with van der Waals surface area (Å²) in [5.41, 5.74) is 1.94. The van der Waals surface area contributed by atoms with Gasteiger partial charge in [0.1, 0.15) is 12.6 Å². The number of hydrogen-bond acceptors (Lipinski definition) is 4. The van der Waals surface area contributed by atoms with Crippen LogP contribution >= 0.6 is 11.6 Å². The van der Waals surface area contributed by atoms with E-state index in [9.17, 15) is 18.0 Å². The summed E-state index contributed by atoms with van der Waals surface area (Å²) in [5.74, 6) is -0.814. The Labute approximate surface area is 230 Å². The first-order valence-corrected chi connectivity index (χ1v) is 14.4. The molecule has 7 nitrogen and oxygen atoms in total. The normalized spacial score (nSPS) is 12.0. The fourth-order valence-corrected chi connectivity index (χ4v) is 5.62. The van der Waals surface area contributed by atoms with Gasteiger partial charge in [-0.3, -0.25) is 13.9 Å². The number of nitrogens with zero attached hydrogens (tertiary/aromatic N) is 2. The van der Waals surface area contributed by atoms with Gasteiger partial charge in [0.15, 0.2) is 0 Å². The van der Waals surface area contributed by atoms with Gasteiger partial charge in [0.05, 0.1) is 10.6 Å². The molecule has 3 rings (SSSR count). The van der Waals surface area contributed by atoms with Crippen LogP contribution in [0.1, 0.15) is 37.8 Å². The second kappa shape index (κ2) is 13.4. The van der Waals surface area contributed by atoms with E-state index in [0.717, 1.165) is 28.3 Å². The number of unbranched alkanes of at least 4 members (excludes halogenated alkanes) is 1. The quantitative estimate of drug-likeness (QED) is 0.312. The molecule has 0 spiro atoms. The van der Waals surface area contributed by atoms with Crippen molar-refractivity contribution in [2.24, 2.45) is 0 Å². The molecule has 3 aromatic carbocycles. The van der Waals surface area contributed by atoms with Crippen molar-refractivity contribution in [1.82, 2.24) is 10.2 Å². The van der Waals surface area contributed by atoms with Gasteiger partial charge in [-0.1, -0.05) is 67.4 Å². The minimum Gasteiger partial charge on any atom is -0.354 e. The number of amides is 2. The van der Waals surface area contributed by atoms with Crippen LogP contribution in [0.5, 0.6) is 0 Å². The molecule has 0 aromatic heterocycles. The van der Waals surface area contributed by atoms with Crippen LogP contribution < -0.4 is 9.62 Å². The lowest BCUT2D eigenvalue weighted by Crippen LogP contribution is -2.51. The van der Waals surface area contributed by atoms with E-state index in [-0.39, 0.29) is 17.3 Å². The Morgan fingerprint density at radius 3 is 2.34 bits per heavy atom. The number of rotatable bonds is 12. The number of carbonyl (C=O) groups excluding carboxylic acids is 2. The Hall–Kier alpha value is -3.36. The molecule has 38 heavy (non-hydrogen) atoms. The molecule has 0 fully saturated rings. The van der Waals surface area contributed by atoms with Crippen LogP contribution in [0.2, 0.25) is 5.02 Å². The maximum absolute atomic E-state index is 13.9. The molecular formula is C29H34ClN3O4S. The molecule has 0 radical (unpaired) electrons. The van der Waals surface area contributed by atoms with Gasteiger partial charge >= 0.3 is 0 Å². The highest BCUT2D eigenvalue weighted by atomic mass is 35.5. The summed E-state index contributed by atoms with van der Waals surface area (Å²) >= 11 is 6.17. The zero-order chi connectivity index (χ0) is 27.7. The number of carbonyl (C=O) groups is 2. The lowest BCUT2D eigenvalue weighted by atomic mass is 10.1. The second-order valence-corrected chi connectivity index (χ2v) is 11.4. The van der Waals surface area contributed by atoms with Gasteiger partial charge in [0, 0.05) is 18.1 Å². The zero-order valence-electron chi connectivity index (χ0n) is 21.9. The molecule has 0 bridgehead atoms. The van der Waals surface area contributed by atoms with Gasteiger partial charge in [-0.2, -0.15) is 0 Å². The summed E-state index contributed by atoms with van der Waals surface area (Å²) < 4.78 is 28.6. The molecule has 0 aliphatic rings. The summed E-state index contributed by atoms with van der Waals surface area (Å²) in [4.78, 5) is 28.3. The third-order valence-corrected chi connectivity index (χ3v) is 8.16. The summed E-state index contributed by atoms with van der Waals surface area (Å²) in [5, 5.41) is 3.38. The van der Waals surface area contributed by atoms with Crippen LogP contribution in [0.25, 0.3) is 0 Å². The van der Waals surface area contributed by atoms with E-state index in [2.05, 4.69) is 5.32 Å². The molecule has 1 N–H and O–H groups in total. The van der Waals surface area contributed by atoms with Crippen LogP contribution in [0.15, 0.2) is 83.8 Å². The third-order valence-electron chi connectivity index (χ3n) is 6.14. The van der Waals surface area contributed by atoms with Crippen LogP contribution in [-0.2, 0) is 26.2 Å². The summed E-state index contributed by atoms with van der Waals surface area (Å²) in [6.45, 7) is 5.64. The molecule has 9 heteroatoms. The van der Waals surface area contributed by atoms with E-state index in [1.54, 1.807) is 61.5 Å². The number of aryl methyl sites for hydroxylation is 1. The van der Waals surface area contributed by atoms with Crippen LogP contribution in [-0.4, -0.2) is 44.3 Å². The summed E-state index contributed by atoms with van der Waals surface area (Å²) in [6.07, 6.45) is 1.74.